The molecule has 1 aliphatic heterocycles. The highest BCUT2D eigenvalue weighted by atomic mass is 28.3. The van der Waals surface area contributed by atoms with E-state index in [9.17, 15) is 5.11 Å². The average molecular weight is 317 g/mol. The van der Waals surface area contributed by atoms with Gasteiger partial charge in [0.1, 0.15) is 0 Å². The van der Waals surface area contributed by atoms with Crippen molar-refractivity contribution in [1.29, 1.82) is 0 Å². The minimum absolute atomic E-state index is 0.235. The molecule has 1 fully saturated rings. The second-order valence-electron chi connectivity index (χ2n) is 7.85. The molecule has 1 N–H and O–H groups in total. The van der Waals surface area contributed by atoms with Gasteiger partial charge in [-0.3, -0.25) is 0 Å². The molecule has 1 saturated heterocycles. The molecule has 1 aromatic carbocycles. The van der Waals surface area contributed by atoms with Gasteiger partial charge in [0.2, 0.25) is 0 Å². The number of hydrogen-bond acceptors (Lipinski definition) is 1. The van der Waals surface area contributed by atoms with Crippen LogP contribution in [0, 0.1) is 5.92 Å². The molecule has 0 bridgehead atoms. The second-order valence-corrected chi connectivity index (χ2v) is 13.5. The lowest BCUT2D eigenvalue weighted by atomic mass is 9.91. The fourth-order valence-corrected chi connectivity index (χ4v) is 11.9. The zero-order chi connectivity index (χ0) is 16.5. The summed E-state index contributed by atoms with van der Waals surface area (Å²) in [5, 5.41) is 10.7. The molecule has 1 aliphatic rings. The van der Waals surface area contributed by atoms with Crippen LogP contribution in [0.4, 0.5) is 0 Å². The van der Waals surface area contributed by atoms with Gasteiger partial charge in [-0.15, -0.1) is 0 Å². The van der Waals surface area contributed by atoms with E-state index in [0.29, 0.717) is 16.6 Å². The summed E-state index contributed by atoms with van der Waals surface area (Å²) < 4.78 is 0. The topological polar surface area (TPSA) is 20.2 Å². The summed E-state index contributed by atoms with van der Waals surface area (Å²) in [5.41, 5.74) is 4.59. The first kappa shape index (κ1) is 17.5. The van der Waals surface area contributed by atoms with E-state index in [0.717, 1.165) is 12.0 Å². The van der Waals surface area contributed by atoms with Gasteiger partial charge in [-0.1, -0.05) is 81.3 Å². The molecular formula is C20H32OSi. The van der Waals surface area contributed by atoms with Gasteiger partial charge in [-0.2, -0.15) is 0 Å². The minimum Gasteiger partial charge on any atom is -0.393 e. The summed E-state index contributed by atoms with van der Waals surface area (Å²) in [6, 6.07) is 12.1. The minimum atomic E-state index is -1.60. The molecule has 0 aromatic heterocycles. The van der Waals surface area contributed by atoms with Crippen molar-refractivity contribution < 1.29 is 5.11 Å². The Bertz CT molecular complexity index is 498. The number of benzene rings is 1. The van der Waals surface area contributed by atoms with Gasteiger partial charge in [0.25, 0.3) is 0 Å². The molecule has 2 heteroatoms. The zero-order valence-electron chi connectivity index (χ0n) is 14.8. The molecule has 1 nitrogen and oxygen atoms in total. The maximum absolute atomic E-state index is 10.7. The van der Waals surface area contributed by atoms with Crippen molar-refractivity contribution in [3.63, 3.8) is 0 Å². The molecule has 1 aromatic rings. The highest BCUT2D eigenvalue weighted by molar-refractivity contribution is 6.83. The van der Waals surface area contributed by atoms with E-state index in [4.69, 9.17) is 0 Å². The Kier molecular flexibility index (Phi) is 5.34. The van der Waals surface area contributed by atoms with Crippen molar-refractivity contribution in [2.75, 3.05) is 0 Å². The van der Waals surface area contributed by atoms with Crippen molar-refractivity contribution in [2.45, 2.75) is 69.8 Å². The molecule has 0 saturated carbocycles. The summed E-state index contributed by atoms with van der Waals surface area (Å²) in [7, 11) is -1.60. The fourth-order valence-electron chi connectivity index (χ4n) is 4.86. The molecule has 3 atom stereocenters. The van der Waals surface area contributed by atoms with Crippen molar-refractivity contribution in [3.8, 4) is 0 Å². The van der Waals surface area contributed by atoms with Crippen LogP contribution in [0.5, 0.6) is 0 Å². The van der Waals surface area contributed by atoms with E-state index in [2.05, 4.69) is 71.5 Å². The highest BCUT2D eigenvalue weighted by Crippen LogP contribution is 2.54. The number of aliphatic hydroxyl groups is 1. The summed E-state index contributed by atoms with van der Waals surface area (Å²) in [6.45, 7) is 15.9. The smallest absolute Gasteiger partial charge is 0.0671 e. The molecule has 1 heterocycles. The molecule has 0 spiro atoms. The first-order chi connectivity index (χ1) is 10.3. The third kappa shape index (κ3) is 2.96. The van der Waals surface area contributed by atoms with Crippen molar-refractivity contribution in [1.82, 2.24) is 0 Å². The van der Waals surface area contributed by atoms with Crippen LogP contribution < -0.4 is 0 Å². The lowest BCUT2D eigenvalue weighted by Crippen LogP contribution is -2.55. The Hall–Kier alpha value is -0.863. The van der Waals surface area contributed by atoms with Crippen molar-refractivity contribution >= 4 is 8.07 Å². The third-order valence-corrected chi connectivity index (χ3v) is 13.5. The lowest BCUT2D eigenvalue weighted by Gasteiger charge is -2.53. The Morgan fingerprint density at radius 3 is 2.14 bits per heavy atom. The monoisotopic (exact) mass is 316 g/mol. The molecule has 0 unspecified atom stereocenters. The van der Waals surface area contributed by atoms with E-state index < -0.39 is 8.07 Å². The molecule has 0 amide bonds. The van der Waals surface area contributed by atoms with Crippen LogP contribution in [0.2, 0.25) is 17.1 Å². The molecule has 22 heavy (non-hydrogen) atoms. The largest absolute Gasteiger partial charge is 0.393 e. The molecule has 0 aliphatic carbocycles. The van der Waals surface area contributed by atoms with Crippen LogP contribution in [0.25, 0.3) is 0 Å². The van der Waals surface area contributed by atoms with Crippen LogP contribution in [0.15, 0.2) is 42.5 Å². The normalized spacial score (nSPS) is 28.1. The van der Waals surface area contributed by atoms with E-state index in [-0.39, 0.29) is 12.0 Å². The second kappa shape index (κ2) is 6.72. The van der Waals surface area contributed by atoms with Crippen LogP contribution in [0.1, 0.15) is 52.1 Å². The van der Waals surface area contributed by atoms with Crippen LogP contribution in [0.3, 0.4) is 0 Å². The predicted molar refractivity (Wildman–Crippen MR) is 98.9 cm³/mol. The van der Waals surface area contributed by atoms with E-state index >= 15 is 0 Å². The first-order valence-electron chi connectivity index (χ1n) is 8.69. The Labute approximate surface area is 137 Å². The summed E-state index contributed by atoms with van der Waals surface area (Å²) in [5.74, 6) is 0.288. The average Bonchev–Trinajstić information content (AvgIpc) is 2.47. The zero-order valence-corrected chi connectivity index (χ0v) is 15.8. The lowest BCUT2D eigenvalue weighted by molar-refractivity contribution is 0.111. The number of aliphatic hydroxyl groups excluding tert-OH is 1. The van der Waals surface area contributed by atoms with Gasteiger partial charge in [-0.25, -0.2) is 0 Å². The molecule has 122 valence electrons. The van der Waals surface area contributed by atoms with Gasteiger partial charge in [-0.05, 0) is 30.5 Å². The van der Waals surface area contributed by atoms with E-state index in [1.807, 2.05) is 0 Å². The molecule has 0 radical (unpaired) electrons. The molecular weight excluding hydrogens is 284 g/mol. The van der Waals surface area contributed by atoms with Gasteiger partial charge in [0.15, 0.2) is 0 Å². The standard InChI is InChI=1S/C20H32OSi/c1-14(2)18-13-22(15(3)4,16(5)6)20(12-19(18)21)17-10-8-7-9-11-17/h7-11,15-16,18-21H,1,12-13H2,2-6H3/t18-,19+,20+/m1/s1. The first-order valence-corrected chi connectivity index (χ1v) is 11.1. The van der Waals surface area contributed by atoms with Gasteiger partial charge in [0, 0.05) is 5.92 Å². The van der Waals surface area contributed by atoms with E-state index in [1.54, 1.807) is 0 Å². The summed E-state index contributed by atoms with van der Waals surface area (Å²) >= 11 is 0. The van der Waals surface area contributed by atoms with Gasteiger partial charge >= 0.3 is 0 Å². The third-order valence-electron chi connectivity index (χ3n) is 6.15. The Balaban J connectivity index is 2.51. The highest BCUT2D eigenvalue weighted by Gasteiger charge is 2.52. The van der Waals surface area contributed by atoms with Crippen LogP contribution >= 0.6 is 0 Å². The van der Waals surface area contributed by atoms with Gasteiger partial charge in [0.05, 0.1) is 14.2 Å². The number of rotatable bonds is 4. The predicted octanol–water partition coefficient (Wildman–Crippen LogP) is 5.54. The molecule has 2 rings (SSSR count). The SMILES string of the molecule is C=C(C)[C@H]1C[Si](C(C)C)(C(C)C)[C@H](c2ccccc2)C[C@@H]1O. The fraction of sp³-hybridized carbons (Fsp3) is 0.600. The summed E-state index contributed by atoms with van der Waals surface area (Å²) in [4.78, 5) is 0. The van der Waals surface area contributed by atoms with Crippen molar-refractivity contribution in [3.05, 3.63) is 48.0 Å². The van der Waals surface area contributed by atoms with Gasteiger partial charge < -0.3 is 5.11 Å². The Morgan fingerprint density at radius 1 is 1.14 bits per heavy atom. The Morgan fingerprint density at radius 2 is 1.68 bits per heavy atom. The maximum atomic E-state index is 10.7. The number of hydrogen-bond donors (Lipinski definition) is 1. The summed E-state index contributed by atoms with van der Waals surface area (Å²) in [6.07, 6.45) is 0.672. The van der Waals surface area contributed by atoms with Crippen LogP contribution in [-0.4, -0.2) is 19.3 Å². The van der Waals surface area contributed by atoms with Crippen LogP contribution in [-0.2, 0) is 0 Å². The van der Waals surface area contributed by atoms with Crippen molar-refractivity contribution in [2.24, 2.45) is 5.92 Å². The van der Waals surface area contributed by atoms with E-state index in [1.165, 1.54) is 11.6 Å². The quantitative estimate of drug-likeness (QED) is 0.571. The maximum Gasteiger partial charge on any atom is 0.0671 e.